The highest BCUT2D eigenvalue weighted by atomic mass is 79.9. The number of hydrazine groups is 1. The molecule has 8 nitrogen and oxygen atoms in total. The summed E-state index contributed by atoms with van der Waals surface area (Å²) in [6, 6.07) is 10.2. The summed E-state index contributed by atoms with van der Waals surface area (Å²) in [5.74, 6) is 1.25. The fourth-order valence-corrected chi connectivity index (χ4v) is 3.33. The van der Waals surface area contributed by atoms with Crippen LogP contribution in [0.1, 0.15) is 23.6 Å². The number of phenolic OH excluding ortho intramolecular Hbond substituents is 1. The van der Waals surface area contributed by atoms with Gasteiger partial charge in [0.15, 0.2) is 11.5 Å². The minimum absolute atomic E-state index is 0.0339. The van der Waals surface area contributed by atoms with E-state index in [4.69, 9.17) is 9.47 Å². The zero-order valence-electron chi connectivity index (χ0n) is 14.1. The van der Waals surface area contributed by atoms with E-state index < -0.39 is 6.04 Å². The number of carbonyl (C=O) groups is 1. The van der Waals surface area contributed by atoms with Gasteiger partial charge in [-0.05, 0) is 42.3 Å². The molecule has 0 aromatic heterocycles. The molecule has 9 heteroatoms. The van der Waals surface area contributed by atoms with Crippen molar-refractivity contribution in [2.45, 2.75) is 18.5 Å². The van der Waals surface area contributed by atoms with Crippen LogP contribution in [-0.4, -0.2) is 30.1 Å². The smallest absolute Gasteiger partial charge is 0.258 e. The molecule has 4 N–H and O–H groups in total. The molecule has 2 atom stereocenters. The van der Waals surface area contributed by atoms with Gasteiger partial charge in [0.25, 0.3) is 5.91 Å². The lowest BCUT2D eigenvalue weighted by Gasteiger charge is -2.10. The van der Waals surface area contributed by atoms with Crippen molar-refractivity contribution < 1.29 is 19.4 Å². The van der Waals surface area contributed by atoms with E-state index in [2.05, 4.69) is 37.3 Å². The summed E-state index contributed by atoms with van der Waals surface area (Å²) in [6.45, 7) is 0.228. The maximum absolute atomic E-state index is 12.3. The third kappa shape index (κ3) is 3.90. The maximum atomic E-state index is 12.3. The Balaban J connectivity index is 1.35. The molecule has 0 saturated carbocycles. The van der Waals surface area contributed by atoms with E-state index in [-0.39, 0.29) is 24.5 Å². The van der Waals surface area contributed by atoms with Crippen LogP contribution in [0.2, 0.25) is 0 Å². The number of fused-ring (bicyclic) bond motifs is 1. The summed E-state index contributed by atoms with van der Waals surface area (Å²) in [4.78, 5) is 12.3. The number of amides is 1. The van der Waals surface area contributed by atoms with Crippen LogP contribution in [0.15, 0.2) is 46.0 Å². The van der Waals surface area contributed by atoms with E-state index in [9.17, 15) is 9.90 Å². The van der Waals surface area contributed by atoms with E-state index >= 15 is 0 Å². The summed E-state index contributed by atoms with van der Waals surface area (Å²) in [5, 5.41) is 13.7. The van der Waals surface area contributed by atoms with Crippen molar-refractivity contribution >= 4 is 28.1 Å². The Kier molecular flexibility index (Phi) is 4.97. The van der Waals surface area contributed by atoms with Gasteiger partial charge in [-0.25, -0.2) is 16.3 Å². The van der Waals surface area contributed by atoms with Crippen LogP contribution < -0.4 is 25.8 Å². The van der Waals surface area contributed by atoms with Gasteiger partial charge in [0, 0.05) is 16.1 Å². The van der Waals surface area contributed by atoms with Crippen LogP contribution in [0, 0.1) is 0 Å². The molecule has 2 aromatic rings. The van der Waals surface area contributed by atoms with Gasteiger partial charge >= 0.3 is 0 Å². The number of ether oxygens (including phenoxy) is 2. The highest BCUT2D eigenvalue weighted by molar-refractivity contribution is 9.10. The summed E-state index contributed by atoms with van der Waals surface area (Å²) >= 11 is 3.32. The molecule has 2 aromatic carbocycles. The molecule has 2 heterocycles. The van der Waals surface area contributed by atoms with Crippen molar-refractivity contribution in [1.82, 2.24) is 16.3 Å². The van der Waals surface area contributed by atoms with Gasteiger partial charge in [0.05, 0.1) is 6.21 Å². The van der Waals surface area contributed by atoms with E-state index in [1.807, 2.05) is 18.2 Å². The number of halogens is 1. The number of hydrogen-bond donors (Lipinski definition) is 4. The van der Waals surface area contributed by atoms with Gasteiger partial charge in [-0.3, -0.25) is 4.79 Å². The Morgan fingerprint density at radius 1 is 1.22 bits per heavy atom. The summed E-state index contributed by atoms with van der Waals surface area (Å²) < 4.78 is 11.5. The van der Waals surface area contributed by atoms with Crippen molar-refractivity contribution in [1.29, 1.82) is 0 Å². The predicted octanol–water partition coefficient (Wildman–Crippen LogP) is 1.94. The largest absolute Gasteiger partial charge is 0.507 e. The number of rotatable bonds is 4. The standard InChI is InChI=1S/C18H17BrN4O4/c19-12-2-3-15(24)11(5-12)8-20-23-18(25)14-7-13(21-22-14)10-1-4-16-17(6-10)27-9-26-16/h1-6,8,13-14,21-22,24H,7,9H2,(H,23,25)/b20-8+. The number of nitrogens with zero attached hydrogens (tertiary/aromatic N) is 1. The minimum Gasteiger partial charge on any atom is -0.507 e. The number of hydrazone groups is 1. The van der Waals surface area contributed by atoms with Crippen LogP contribution in [0.3, 0.4) is 0 Å². The Morgan fingerprint density at radius 3 is 2.96 bits per heavy atom. The number of carbonyl (C=O) groups excluding carboxylic acids is 1. The van der Waals surface area contributed by atoms with Crippen LogP contribution in [0.4, 0.5) is 0 Å². The summed E-state index contributed by atoms with van der Waals surface area (Å²) in [6.07, 6.45) is 1.96. The maximum Gasteiger partial charge on any atom is 0.258 e. The van der Waals surface area contributed by atoms with Gasteiger partial charge < -0.3 is 14.6 Å². The number of benzene rings is 2. The molecule has 1 amide bonds. The zero-order chi connectivity index (χ0) is 18.8. The quantitative estimate of drug-likeness (QED) is 0.434. The van der Waals surface area contributed by atoms with Gasteiger partial charge in [0.1, 0.15) is 11.8 Å². The first-order valence-corrected chi connectivity index (χ1v) is 9.11. The Hall–Kier alpha value is -2.62. The second kappa shape index (κ2) is 7.55. The fraction of sp³-hybridized carbons (Fsp3) is 0.222. The second-order valence-corrected chi connectivity index (χ2v) is 7.10. The topological polar surface area (TPSA) is 104 Å². The Labute approximate surface area is 163 Å². The fourth-order valence-electron chi connectivity index (χ4n) is 2.95. The molecular formula is C18H17BrN4O4. The predicted molar refractivity (Wildman–Crippen MR) is 102 cm³/mol. The molecule has 0 spiro atoms. The lowest BCUT2D eigenvalue weighted by molar-refractivity contribution is -0.122. The van der Waals surface area contributed by atoms with Crippen LogP contribution in [-0.2, 0) is 4.79 Å². The first-order valence-electron chi connectivity index (χ1n) is 8.32. The number of phenols is 1. The normalized spacial score (nSPS) is 20.9. The lowest BCUT2D eigenvalue weighted by Crippen LogP contribution is -2.41. The van der Waals surface area contributed by atoms with E-state index in [0.29, 0.717) is 17.7 Å². The lowest BCUT2D eigenvalue weighted by atomic mass is 10.0. The first kappa shape index (κ1) is 17.8. The Bertz CT molecular complexity index is 905. The molecule has 0 bridgehead atoms. The molecule has 2 unspecified atom stereocenters. The number of nitrogens with one attached hydrogen (secondary N) is 3. The SMILES string of the molecule is O=C(N/N=C/c1cc(Br)ccc1O)C1CC(c2ccc3c(c2)OCO3)NN1. The average Bonchev–Trinajstić information content (AvgIpc) is 3.33. The highest BCUT2D eigenvalue weighted by Gasteiger charge is 2.31. The molecule has 2 aliphatic rings. The molecule has 4 rings (SSSR count). The Morgan fingerprint density at radius 2 is 2.07 bits per heavy atom. The number of aromatic hydroxyl groups is 1. The minimum atomic E-state index is -0.436. The highest BCUT2D eigenvalue weighted by Crippen LogP contribution is 2.35. The molecule has 1 saturated heterocycles. The molecule has 140 valence electrons. The molecule has 2 aliphatic heterocycles. The van der Waals surface area contributed by atoms with Crippen LogP contribution in [0.25, 0.3) is 0 Å². The molecule has 0 radical (unpaired) electrons. The van der Waals surface area contributed by atoms with Crippen molar-refractivity contribution in [3.05, 3.63) is 52.0 Å². The average molecular weight is 433 g/mol. The van der Waals surface area contributed by atoms with Crippen LogP contribution in [0.5, 0.6) is 17.2 Å². The summed E-state index contributed by atoms with van der Waals surface area (Å²) in [7, 11) is 0. The zero-order valence-corrected chi connectivity index (χ0v) is 15.7. The van der Waals surface area contributed by atoms with Crippen molar-refractivity contribution in [3.63, 3.8) is 0 Å². The van der Waals surface area contributed by atoms with Gasteiger partial charge in [-0.1, -0.05) is 22.0 Å². The molecule has 1 fully saturated rings. The number of hydrogen-bond acceptors (Lipinski definition) is 7. The molecule has 27 heavy (non-hydrogen) atoms. The van der Waals surface area contributed by atoms with Crippen LogP contribution >= 0.6 is 15.9 Å². The molecule has 0 aliphatic carbocycles. The van der Waals surface area contributed by atoms with Gasteiger partial charge in [-0.15, -0.1) is 0 Å². The monoisotopic (exact) mass is 432 g/mol. The van der Waals surface area contributed by atoms with Crippen molar-refractivity contribution in [2.75, 3.05) is 6.79 Å². The third-order valence-corrected chi connectivity index (χ3v) is 4.88. The van der Waals surface area contributed by atoms with Gasteiger partial charge in [-0.2, -0.15) is 5.10 Å². The first-order chi connectivity index (χ1) is 13.1. The third-order valence-electron chi connectivity index (χ3n) is 4.39. The summed E-state index contributed by atoms with van der Waals surface area (Å²) in [5.41, 5.74) is 10.1. The van der Waals surface area contributed by atoms with Gasteiger partial charge in [0.2, 0.25) is 6.79 Å². The second-order valence-electron chi connectivity index (χ2n) is 6.18. The van der Waals surface area contributed by atoms with E-state index in [1.165, 1.54) is 6.21 Å². The van der Waals surface area contributed by atoms with Crippen molar-refractivity contribution in [3.8, 4) is 17.2 Å². The van der Waals surface area contributed by atoms with E-state index in [0.717, 1.165) is 15.8 Å². The van der Waals surface area contributed by atoms with E-state index in [1.54, 1.807) is 18.2 Å². The van der Waals surface area contributed by atoms with Crippen molar-refractivity contribution in [2.24, 2.45) is 5.10 Å². The molecular weight excluding hydrogens is 416 g/mol.